The highest BCUT2D eigenvalue weighted by atomic mass is 16.5. The summed E-state index contributed by atoms with van der Waals surface area (Å²) in [6, 6.07) is 8.93. The second-order valence-electron chi connectivity index (χ2n) is 8.10. The van der Waals surface area contributed by atoms with Gasteiger partial charge in [0.05, 0.1) is 24.1 Å². The SMILES string of the molecule is Cc1ccc(-c2[nH]ncc2CN2CCC[C@@H]2[C@@H]2COCC[C@]2(C)O)cc1. The molecule has 0 aliphatic carbocycles. The van der Waals surface area contributed by atoms with Crippen molar-refractivity contribution in [2.75, 3.05) is 19.8 Å². The first-order valence-electron chi connectivity index (χ1n) is 9.68. The van der Waals surface area contributed by atoms with Gasteiger partial charge in [-0.15, -0.1) is 0 Å². The summed E-state index contributed by atoms with van der Waals surface area (Å²) in [6.45, 7) is 7.32. The second kappa shape index (κ2) is 7.14. The summed E-state index contributed by atoms with van der Waals surface area (Å²) in [5.41, 5.74) is 4.11. The van der Waals surface area contributed by atoms with Crippen LogP contribution in [0.25, 0.3) is 11.3 Å². The normalized spacial score (nSPS) is 30.0. The number of ether oxygens (including phenoxy) is 1. The number of aromatic amines is 1. The fraction of sp³-hybridized carbons (Fsp3) is 0.571. The molecule has 140 valence electrons. The molecule has 2 N–H and O–H groups in total. The molecule has 3 atom stereocenters. The van der Waals surface area contributed by atoms with E-state index in [1.807, 2.05) is 13.1 Å². The van der Waals surface area contributed by atoms with Gasteiger partial charge in [0.1, 0.15) is 0 Å². The largest absolute Gasteiger partial charge is 0.390 e. The molecule has 26 heavy (non-hydrogen) atoms. The van der Waals surface area contributed by atoms with Crippen molar-refractivity contribution in [2.24, 2.45) is 5.92 Å². The Bertz CT molecular complexity index is 738. The minimum Gasteiger partial charge on any atom is -0.390 e. The first kappa shape index (κ1) is 17.7. The predicted molar refractivity (Wildman–Crippen MR) is 102 cm³/mol. The Kier molecular flexibility index (Phi) is 4.86. The quantitative estimate of drug-likeness (QED) is 0.884. The maximum Gasteiger partial charge on any atom is 0.0706 e. The average molecular weight is 355 g/mol. The Morgan fingerprint density at radius 3 is 2.92 bits per heavy atom. The van der Waals surface area contributed by atoms with Gasteiger partial charge in [-0.1, -0.05) is 29.8 Å². The van der Waals surface area contributed by atoms with Crippen molar-refractivity contribution < 1.29 is 9.84 Å². The number of rotatable bonds is 4. The summed E-state index contributed by atoms with van der Waals surface area (Å²) >= 11 is 0. The zero-order valence-corrected chi connectivity index (χ0v) is 15.7. The van der Waals surface area contributed by atoms with Crippen molar-refractivity contribution in [1.82, 2.24) is 15.1 Å². The molecular formula is C21H29N3O2. The van der Waals surface area contributed by atoms with E-state index in [1.165, 1.54) is 23.1 Å². The zero-order chi connectivity index (χ0) is 18.1. The Labute approximate surface area is 155 Å². The number of likely N-dealkylation sites (tertiary alicyclic amines) is 1. The van der Waals surface area contributed by atoms with Gasteiger partial charge in [-0.2, -0.15) is 5.10 Å². The Hall–Kier alpha value is -1.69. The van der Waals surface area contributed by atoms with Gasteiger partial charge in [0, 0.05) is 30.7 Å². The summed E-state index contributed by atoms with van der Waals surface area (Å²) < 4.78 is 5.71. The van der Waals surface area contributed by atoms with Gasteiger partial charge >= 0.3 is 0 Å². The molecule has 2 aliphatic heterocycles. The molecule has 0 spiro atoms. The fourth-order valence-electron chi connectivity index (χ4n) is 4.50. The highest BCUT2D eigenvalue weighted by Gasteiger charge is 2.44. The molecule has 5 nitrogen and oxygen atoms in total. The number of aromatic nitrogens is 2. The van der Waals surface area contributed by atoms with E-state index in [4.69, 9.17) is 4.74 Å². The van der Waals surface area contributed by atoms with E-state index in [9.17, 15) is 5.11 Å². The molecule has 1 aromatic heterocycles. The fourth-order valence-corrected chi connectivity index (χ4v) is 4.50. The molecule has 3 heterocycles. The lowest BCUT2D eigenvalue weighted by Gasteiger charge is -2.43. The number of hydrogen-bond acceptors (Lipinski definition) is 4. The molecule has 0 amide bonds. The van der Waals surface area contributed by atoms with Gasteiger partial charge in [-0.05, 0) is 45.2 Å². The molecule has 0 bridgehead atoms. The van der Waals surface area contributed by atoms with Gasteiger partial charge in [0.15, 0.2) is 0 Å². The molecule has 2 aliphatic rings. The molecule has 2 fully saturated rings. The summed E-state index contributed by atoms with van der Waals surface area (Å²) in [5, 5.41) is 18.4. The lowest BCUT2D eigenvalue weighted by Crippen LogP contribution is -2.52. The molecule has 0 unspecified atom stereocenters. The maximum atomic E-state index is 10.9. The molecule has 2 saturated heterocycles. The number of hydrogen-bond donors (Lipinski definition) is 2. The van der Waals surface area contributed by atoms with Gasteiger partial charge < -0.3 is 9.84 Å². The van der Waals surface area contributed by atoms with E-state index in [-0.39, 0.29) is 5.92 Å². The first-order chi connectivity index (χ1) is 12.5. The number of nitrogens with one attached hydrogen (secondary N) is 1. The molecule has 4 rings (SSSR count). The van der Waals surface area contributed by atoms with Crippen LogP contribution in [-0.2, 0) is 11.3 Å². The third kappa shape index (κ3) is 3.43. The van der Waals surface area contributed by atoms with Crippen LogP contribution in [0.15, 0.2) is 30.5 Å². The first-order valence-corrected chi connectivity index (χ1v) is 9.68. The van der Waals surface area contributed by atoms with Crippen molar-refractivity contribution in [3.8, 4) is 11.3 Å². The van der Waals surface area contributed by atoms with Gasteiger partial charge in [-0.25, -0.2) is 0 Å². The van der Waals surface area contributed by atoms with E-state index in [0.717, 1.165) is 31.6 Å². The maximum absolute atomic E-state index is 10.9. The van der Waals surface area contributed by atoms with E-state index in [2.05, 4.69) is 46.3 Å². The Morgan fingerprint density at radius 1 is 1.35 bits per heavy atom. The number of nitrogens with zero attached hydrogens (tertiary/aromatic N) is 2. The van der Waals surface area contributed by atoms with Gasteiger partial charge in [-0.3, -0.25) is 10.00 Å². The Morgan fingerprint density at radius 2 is 2.15 bits per heavy atom. The lowest BCUT2D eigenvalue weighted by molar-refractivity contribution is -0.123. The van der Waals surface area contributed by atoms with E-state index >= 15 is 0 Å². The van der Waals surface area contributed by atoms with Crippen molar-refractivity contribution in [2.45, 2.75) is 51.3 Å². The van der Waals surface area contributed by atoms with Crippen LogP contribution in [0.3, 0.4) is 0 Å². The van der Waals surface area contributed by atoms with Crippen LogP contribution < -0.4 is 0 Å². The van der Waals surface area contributed by atoms with Crippen molar-refractivity contribution in [3.63, 3.8) is 0 Å². The summed E-state index contributed by atoms with van der Waals surface area (Å²) in [5.74, 6) is 0.175. The topological polar surface area (TPSA) is 61.4 Å². The number of aliphatic hydroxyl groups is 1. The van der Waals surface area contributed by atoms with Gasteiger partial charge in [0.2, 0.25) is 0 Å². The minimum atomic E-state index is -0.637. The summed E-state index contributed by atoms with van der Waals surface area (Å²) in [6.07, 6.45) is 4.97. The predicted octanol–water partition coefficient (Wildman–Crippen LogP) is 3.14. The lowest BCUT2D eigenvalue weighted by atomic mass is 9.79. The monoisotopic (exact) mass is 355 g/mol. The van der Waals surface area contributed by atoms with Crippen LogP contribution >= 0.6 is 0 Å². The molecule has 0 radical (unpaired) electrons. The van der Waals surface area contributed by atoms with E-state index < -0.39 is 5.60 Å². The molecular weight excluding hydrogens is 326 g/mol. The Balaban J connectivity index is 1.54. The molecule has 1 aromatic carbocycles. The zero-order valence-electron chi connectivity index (χ0n) is 15.7. The molecule has 5 heteroatoms. The van der Waals surface area contributed by atoms with E-state index in [1.54, 1.807) is 0 Å². The van der Waals surface area contributed by atoms with Crippen LogP contribution in [0, 0.1) is 12.8 Å². The third-order valence-electron chi connectivity index (χ3n) is 6.16. The highest BCUT2D eigenvalue weighted by molar-refractivity contribution is 5.62. The standard InChI is InChI=1S/C21H29N3O2/c1-15-5-7-16(8-6-15)20-17(12-22-23-20)13-24-10-3-4-19(24)18-14-26-11-9-21(18,2)25/h5-8,12,18-19,25H,3-4,9-11,13-14H2,1-2H3,(H,22,23)/t18-,19+,21-/m0/s1. The smallest absolute Gasteiger partial charge is 0.0706 e. The van der Waals surface area contributed by atoms with Crippen molar-refractivity contribution in [3.05, 3.63) is 41.6 Å². The second-order valence-corrected chi connectivity index (χ2v) is 8.10. The minimum absolute atomic E-state index is 0.175. The van der Waals surface area contributed by atoms with Gasteiger partial charge in [0.25, 0.3) is 0 Å². The molecule has 0 saturated carbocycles. The summed E-state index contributed by atoms with van der Waals surface area (Å²) in [7, 11) is 0. The average Bonchev–Trinajstić information content (AvgIpc) is 3.25. The van der Waals surface area contributed by atoms with Crippen molar-refractivity contribution in [1.29, 1.82) is 0 Å². The molecule has 2 aromatic rings. The van der Waals surface area contributed by atoms with E-state index in [0.29, 0.717) is 19.3 Å². The van der Waals surface area contributed by atoms with Crippen LogP contribution in [0.4, 0.5) is 0 Å². The van der Waals surface area contributed by atoms with Crippen molar-refractivity contribution >= 4 is 0 Å². The van der Waals surface area contributed by atoms with Crippen LogP contribution in [0.5, 0.6) is 0 Å². The van der Waals surface area contributed by atoms with Crippen LogP contribution in [0.2, 0.25) is 0 Å². The highest BCUT2D eigenvalue weighted by Crippen LogP contribution is 2.37. The number of benzene rings is 1. The van der Waals surface area contributed by atoms with Crippen LogP contribution in [0.1, 0.15) is 37.3 Å². The van der Waals surface area contributed by atoms with Crippen LogP contribution in [-0.4, -0.2) is 51.6 Å². The third-order valence-corrected chi connectivity index (χ3v) is 6.16. The number of H-pyrrole nitrogens is 1. The number of aryl methyl sites for hydroxylation is 1. The summed E-state index contributed by atoms with van der Waals surface area (Å²) in [4.78, 5) is 2.51.